The van der Waals surface area contributed by atoms with Crippen molar-refractivity contribution in [2.45, 2.75) is 94.4 Å². The van der Waals surface area contributed by atoms with Gasteiger partial charge in [0.1, 0.15) is 17.5 Å². The number of halogens is 3. The van der Waals surface area contributed by atoms with Gasteiger partial charge in [0.05, 0.1) is 30.4 Å². The van der Waals surface area contributed by atoms with E-state index in [0.29, 0.717) is 64.9 Å². The van der Waals surface area contributed by atoms with Crippen molar-refractivity contribution in [2.24, 2.45) is 26.5 Å². The van der Waals surface area contributed by atoms with Gasteiger partial charge in [-0.3, -0.25) is 19.5 Å². The summed E-state index contributed by atoms with van der Waals surface area (Å²) in [7, 11) is 5.32. The lowest BCUT2D eigenvalue weighted by atomic mass is 9.61. The number of aliphatic imine (C=N–C) groups is 2. The molecule has 0 radical (unpaired) electrons. The number of fused-ring (bicyclic) bond motifs is 6. The first-order chi connectivity index (χ1) is 32.5. The number of ether oxygens (including phenoxy) is 2. The summed E-state index contributed by atoms with van der Waals surface area (Å²) in [4.78, 5) is 43.6. The summed E-state index contributed by atoms with van der Waals surface area (Å²) in [6.07, 6.45) is 7.62. The SMILES string of the molecule is COC1CCC2(CC1)Cc1c(F)ccc(Br)c1C21N=C(C)N(C)C1=O.N#Cc1cccc(B(O)O)c1.[C-]#[N+]c1cccc(-c2ccc(F)c3c2C2(N=C(N)N(C)C2=O)C2(CCC(OC)CC2)C3)c1. The molecule has 0 bridgehead atoms. The quantitative estimate of drug-likeness (QED) is 0.142. The molecule has 2 saturated carbocycles. The molecule has 4 aromatic rings. The second-order valence-electron chi connectivity index (χ2n) is 18.7. The number of guanidine groups is 1. The van der Waals surface area contributed by atoms with Crippen LogP contribution in [0.2, 0.25) is 0 Å². The molecule has 0 saturated heterocycles. The second-order valence-corrected chi connectivity index (χ2v) is 19.5. The predicted octanol–water partition coefficient (Wildman–Crippen LogP) is 7.20. The third kappa shape index (κ3) is 7.63. The summed E-state index contributed by atoms with van der Waals surface area (Å²) < 4.78 is 41.9. The van der Waals surface area contributed by atoms with Gasteiger partial charge in [0.25, 0.3) is 11.8 Å². The Bertz CT molecular complexity index is 2830. The molecule has 2 fully saturated rings. The van der Waals surface area contributed by atoms with Crippen LogP contribution in [0.25, 0.3) is 16.0 Å². The van der Waals surface area contributed by atoms with Crippen molar-refractivity contribution >= 4 is 57.8 Å². The van der Waals surface area contributed by atoms with Gasteiger partial charge in [-0.15, -0.1) is 0 Å². The number of nitriles is 1. The van der Waals surface area contributed by atoms with Gasteiger partial charge in [0.15, 0.2) is 22.7 Å². The van der Waals surface area contributed by atoms with Crippen LogP contribution in [0.15, 0.2) is 87.3 Å². The Kier molecular flexibility index (Phi) is 13.3. The Hall–Kier alpha value is -5.82. The Morgan fingerprint density at radius 2 is 1.37 bits per heavy atom. The number of rotatable bonds is 4. The zero-order valence-electron chi connectivity index (χ0n) is 38.7. The van der Waals surface area contributed by atoms with E-state index in [2.05, 4.69) is 20.8 Å². The van der Waals surface area contributed by atoms with Gasteiger partial charge in [-0.05, 0) is 135 Å². The van der Waals surface area contributed by atoms with Crippen LogP contribution in [0.4, 0.5) is 14.5 Å². The van der Waals surface area contributed by atoms with Crippen LogP contribution in [0, 0.1) is 40.4 Å². The van der Waals surface area contributed by atoms with Crippen molar-refractivity contribution in [2.75, 3.05) is 28.3 Å². The highest BCUT2D eigenvalue weighted by Crippen LogP contribution is 2.65. The van der Waals surface area contributed by atoms with Crippen LogP contribution < -0.4 is 11.2 Å². The molecule has 68 heavy (non-hydrogen) atoms. The summed E-state index contributed by atoms with van der Waals surface area (Å²) in [6.45, 7) is 9.24. The lowest BCUT2D eigenvalue weighted by Crippen LogP contribution is -2.51. The van der Waals surface area contributed by atoms with Crippen molar-refractivity contribution in [3.63, 3.8) is 0 Å². The van der Waals surface area contributed by atoms with Crippen LogP contribution >= 0.6 is 15.9 Å². The number of carbonyl (C=O) groups is 2. The molecule has 2 amide bonds. The summed E-state index contributed by atoms with van der Waals surface area (Å²) >= 11 is 3.58. The molecule has 2 atom stereocenters. The first-order valence-corrected chi connectivity index (χ1v) is 23.4. The number of hydrogen-bond acceptors (Lipinski definition) is 10. The molecular formula is C51H53BBrF2N7O6. The Morgan fingerprint density at radius 3 is 1.87 bits per heavy atom. The number of likely N-dealkylation sites (N-methyl/N-ethyl adjacent to an activating group) is 2. The zero-order valence-corrected chi connectivity index (χ0v) is 40.2. The molecular weight excluding hydrogens is 935 g/mol. The summed E-state index contributed by atoms with van der Waals surface area (Å²) in [5.41, 5.74) is 8.24. The lowest BCUT2D eigenvalue weighted by Gasteiger charge is -2.45. The average Bonchev–Trinajstić information content (AvgIpc) is 3.97. The average molecular weight is 989 g/mol. The van der Waals surface area contributed by atoms with Gasteiger partial charge >= 0.3 is 7.12 Å². The number of amides is 2. The van der Waals surface area contributed by atoms with E-state index in [1.54, 1.807) is 81.7 Å². The largest absolute Gasteiger partial charge is 0.488 e. The third-order valence-electron chi connectivity index (χ3n) is 15.5. The molecule has 4 N–H and O–H groups in total. The Labute approximate surface area is 403 Å². The molecule has 352 valence electrons. The van der Waals surface area contributed by atoms with E-state index < -0.39 is 23.6 Å². The van der Waals surface area contributed by atoms with Crippen LogP contribution in [-0.4, -0.2) is 91.1 Å². The van der Waals surface area contributed by atoms with E-state index in [1.807, 2.05) is 19.1 Å². The number of hydrogen-bond donors (Lipinski definition) is 3. The number of benzene rings is 4. The van der Waals surface area contributed by atoms with E-state index in [9.17, 15) is 14.0 Å². The topological polar surface area (TPSA) is 178 Å². The minimum atomic E-state index is -1.50. The molecule has 0 aromatic heterocycles. The van der Waals surface area contributed by atoms with E-state index in [0.717, 1.165) is 59.7 Å². The van der Waals surface area contributed by atoms with Crippen LogP contribution in [0.5, 0.6) is 0 Å². The predicted molar refractivity (Wildman–Crippen MR) is 258 cm³/mol. The minimum Gasteiger partial charge on any atom is -0.423 e. The standard InChI is InChI=1S/C25H25FN4O2.C19H22BrFN2O2.C7H6BNO2/c1-28-16-6-4-5-15(13-16)18-7-8-20(26)19-14-24(11-9-17(32-3)10-12-24)25(21(18)19)22(31)30(2)23(27)29-25;1-11-22-19(17(24)23(11)2)16-13(15(21)5-4-14(16)20)10-18(19)8-6-12(25-3)7-9-18;9-5-6-2-1-3-7(4-6)8(10)11/h4-8,13,17H,9-12,14H2,2-3H3,(H2,27,29);4-5,12H,6-10H2,1-3H3;1-4,10-11H. The van der Waals surface area contributed by atoms with Crippen molar-refractivity contribution in [3.05, 3.63) is 128 Å². The van der Waals surface area contributed by atoms with Gasteiger partial charge < -0.3 is 30.2 Å². The first kappa shape index (κ1) is 48.6. The van der Waals surface area contributed by atoms with Gasteiger partial charge in [-0.2, -0.15) is 5.26 Å². The summed E-state index contributed by atoms with van der Waals surface area (Å²) in [5.74, 6) is 0.0389. The van der Waals surface area contributed by atoms with Gasteiger partial charge in [-0.25, -0.2) is 18.6 Å². The normalized spacial score (nSPS) is 27.5. The smallest absolute Gasteiger partial charge is 0.423 e. The highest BCUT2D eigenvalue weighted by Gasteiger charge is 2.69. The molecule has 4 aliphatic carbocycles. The Balaban J connectivity index is 0.000000154. The van der Waals surface area contributed by atoms with E-state index in [1.165, 1.54) is 23.1 Å². The molecule has 2 heterocycles. The second kappa shape index (κ2) is 18.6. The molecule has 17 heteroatoms. The van der Waals surface area contributed by atoms with E-state index >= 15 is 4.39 Å². The van der Waals surface area contributed by atoms with Crippen LogP contribution in [0.1, 0.15) is 86.1 Å². The lowest BCUT2D eigenvalue weighted by molar-refractivity contribution is -0.138. The molecule has 6 aliphatic rings. The summed E-state index contributed by atoms with van der Waals surface area (Å²) in [5, 5.41) is 25.8. The zero-order chi connectivity index (χ0) is 48.9. The maximum absolute atomic E-state index is 15.3. The molecule has 4 spiro atoms. The van der Waals surface area contributed by atoms with Crippen molar-refractivity contribution in [3.8, 4) is 17.2 Å². The van der Waals surface area contributed by atoms with Crippen LogP contribution in [0.3, 0.4) is 0 Å². The monoisotopic (exact) mass is 987 g/mol. The fourth-order valence-corrected chi connectivity index (χ4v) is 12.5. The fraction of sp³-hybridized carbons (Fsp3) is 0.412. The molecule has 13 nitrogen and oxygen atoms in total. The number of carbonyl (C=O) groups excluding carboxylic acids is 2. The molecule has 10 rings (SSSR count). The first-order valence-electron chi connectivity index (χ1n) is 22.6. The third-order valence-corrected chi connectivity index (χ3v) is 16.1. The number of nitrogens with zero attached hydrogens (tertiary/aromatic N) is 6. The van der Waals surface area contributed by atoms with Crippen LogP contribution in [-0.2, 0) is 43.0 Å². The number of methoxy groups -OCH3 is 2. The Morgan fingerprint density at radius 1 is 0.824 bits per heavy atom. The molecule has 2 unspecified atom stereocenters. The van der Waals surface area contributed by atoms with Crippen molar-refractivity contribution < 1.29 is 37.9 Å². The fourth-order valence-electron chi connectivity index (χ4n) is 11.8. The highest BCUT2D eigenvalue weighted by molar-refractivity contribution is 9.10. The van der Waals surface area contributed by atoms with Crippen molar-refractivity contribution in [1.29, 1.82) is 5.26 Å². The van der Waals surface area contributed by atoms with Gasteiger partial charge in [0, 0.05) is 54.7 Å². The molecule has 4 aromatic carbocycles. The summed E-state index contributed by atoms with van der Waals surface area (Å²) in [6, 6.07) is 21.6. The van der Waals surface area contributed by atoms with Gasteiger partial charge in [0.2, 0.25) is 0 Å². The van der Waals surface area contributed by atoms with Gasteiger partial charge in [-0.1, -0.05) is 52.3 Å². The maximum Gasteiger partial charge on any atom is 0.488 e. The highest BCUT2D eigenvalue weighted by atomic mass is 79.9. The maximum atomic E-state index is 15.3. The number of nitrogens with two attached hydrogens (primary N) is 1. The van der Waals surface area contributed by atoms with Crippen molar-refractivity contribution in [1.82, 2.24) is 9.80 Å². The molecule has 2 aliphatic heterocycles. The van der Waals surface area contributed by atoms with E-state index in [-0.39, 0.29) is 47.0 Å². The van der Waals surface area contributed by atoms with E-state index in [4.69, 9.17) is 47.1 Å². The minimum absolute atomic E-state index is 0.0362. The number of amidine groups is 1.